The highest BCUT2D eigenvalue weighted by atomic mass is 32.2. The van der Waals surface area contributed by atoms with Gasteiger partial charge in [0.2, 0.25) is 0 Å². The van der Waals surface area contributed by atoms with Gasteiger partial charge >= 0.3 is 0 Å². The van der Waals surface area contributed by atoms with E-state index in [2.05, 4.69) is 5.32 Å². The molecule has 2 aromatic rings. The number of sulfonamides is 1. The Bertz CT molecular complexity index is 883. The lowest BCUT2D eigenvalue weighted by Crippen LogP contribution is -2.42. The van der Waals surface area contributed by atoms with Crippen LogP contribution in [-0.4, -0.2) is 33.4 Å². The SMILES string of the molecule is CC1CN(S(=O)(=O)c2ccc3c(c2)NCCS3)c2ccccc2O1. The molecule has 2 heterocycles. The van der Waals surface area contributed by atoms with Crippen molar-refractivity contribution in [2.45, 2.75) is 22.8 Å². The molecule has 24 heavy (non-hydrogen) atoms. The number of nitrogens with zero attached hydrogens (tertiary/aromatic N) is 1. The van der Waals surface area contributed by atoms with Crippen LogP contribution in [0.3, 0.4) is 0 Å². The first kappa shape index (κ1) is 15.7. The summed E-state index contributed by atoms with van der Waals surface area (Å²) in [6.07, 6.45) is -0.194. The second kappa shape index (κ2) is 5.89. The number of hydrogen-bond donors (Lipinski definition) is 1. The molecular formula is C17H18N2O3S2. The first-order valence-electron chi connectivity index (χ1n) is 7.85. The molecule has 126 valence electrons. The number of nitrogens with one attached hydrogen (secondary N) is 1. The fourth-order valence-corrected chi connectivity index (χ4v) is 5.44. The Morgan fingerprint density at radius 2 is 2.08 bits per heavy atom. The maximum absolute atomic E-state index is 13.2. The maximum Gasteiger partial charge on any atom is 0.264 e. The summed E-state index contributed by atoms with van der Waals surface area (Å²) in [6.45, 7) is 3.03. The van der Waals surface area contributed by atoms with E-state index >= 15 is 0 Å². The van der Waals surface area contributed by atoms with Gasteiger partial charge in [-0.15, -0.1) is 11.8 Å². The summed E-state index contributed by atoms with van der Waals surface area (Å²) in [7, 11) is -3.64. The summed E-state index contributed by atoms with van der Waals surface area (Å²) < 4.78 is 33.6. The summed E-state index contributed by atoms with van der Waals surface area (Å²) >= 11 is 1.74. The van der Waals surface area contributed by atoms with Crippen molar-refractivity contribution in [2.75, 3.05) is 28.5 Å². The molecule has 0 saturated heterocycles. The molecule has 5 nitrogen and oxygen atoms in total. The van der Waals surface area contributed by atoms with Gasteiger partial charge < -0.3 is 10.1 Å². The van der Waals surface area contributed by atoms with Gasteiger partial charge in [-0.2, -0.15) is 0 Å². The molecule has 0 aliphatic carbocycles. The fraction of sp³-hybridized carbons (Fsp3) is 0.294. The average molecular weight is 362 g/mol. The summed E-state index contributed by atoms with van der Waals surface area (Å²) in [6, 6.07) is 12.6. The van der Waals surface area contributed by atoms with Crippen molar-refractivity contribution in [2.24, 2.45) is 0 Å². The molecule has 0 fully saturated rings. The van der Waals surface area contributed by atoms with Gasteiger partial charge in [0.25, 0.3) is 10.0 Å². The zero-order valence-electron chi connectivity index (χ0n) is 13.2. The maximum atomic E-state index is 13.2. The number of ether oxygens (including phenoxy) is 1. The van der Waals surface area contributed by atoms with Crippen LogP contribution in [0.1, 0.15) is 6.92 Å². The molecule has 7 heteroatoms. The molecule has 0 aromatic heterocycles. The van der Waals surface area contributed by atoms with E-state index in [0.717, 1.165) is 22.9 Å². The molecule has 2 aliphatic rings. The largest absolute Gasteiger partial charge is 0.487 e. The van der Waals surface area contributed by atoms with Crippen LogP contribution in [0, 0.1) is 0 Å². The van der Waals surface area contributed by atoms with Crippen molar-refractivity contribution in [1.82, 2.24) is 0 Å². The summed E-state index contributed by atoms with van der Waals surface area (Å²) in [5.41, 5.74) is 1.48. The lowest BCUT2D eigenvalue weighted by Gasteiger charge is -2.34. The number of hydrogen-bond acceptors (Lipinski definition) is 5. The minimum Gasteiger partial charge on any atom is -0.487 e. The van der Waals surface area contributed by atoms with Gasteiger partial charge in [-0.05, 0) is 37.3 Å². The van der Waals surface area contributed by atoms with Gasteiger partial charge in [0.05, 0.1) is 17.1 Å². The monoisotopic (exact) mass is 362 g/mol. The van der Waals surface area contributed by atoms with Crippen molar-refractivity contribution >= 4 is 33.2 Å². The minimum atomic E-state index is -3.64. The van der Waals surface area contributed by atoms with Crippen LogP contribution in [0.5, 0.6) is 5.75 Å². The van der Waals surface area contributed by atoms with Crippen LogP contribution in [-0.2, 0) is 10.0 Å². The van der Waals surface area contributed by atoms with E-state index in [0.29, 0.717) is 22.9 Å². The van der Waals surface area contributed by atoms with Crippen LogP contribution in [0.25, 0.3) is 0 Å². The molecule has 1 unspecified atom stereocenters. The summed E-state index contributed by atoms with van der Waals surface area (Å²) in [4.78, 5) is 1.40. The highest BCUT2D eigenvalue weighted by Crippen LogP contribution is 2.38. The number of para-hydroxylation sites is 2. The Hall–Kier alpha value is -1.86. The Kier molecular flexibility index (Phi) is 3.85. The van der Waals surface area contributed by atoms with E-state index in [1.165, 1.54) is 4.31 Å². The number of fused-ring (bicyclic) bond motifs is 2. The normalized spacial score (nSPS) is 19.7. The van der Waals surface area contributed by atoms with Crippen LogP contribution >= 0.6 is 11.8 Å². The molecular weight excluding hydrogens is 344 g/mol. The van der Waals surface area contributed by atoms with E-state index in [4.69, 9.17) is 4.74 Å². The van der Waals surface area contributed by atoms with Crippen molar-refractivity contribution in [3.05, 3.63) is 42.5 Å². The third-order valence-corrected chi connectivity index (χ3v) is 6.95. The molecule has 4 rings (SSSR count). The lowest BCUT2D eigenvalue weighted by atomic mass is 10.2. The molecule has 2 aromatic carbocycles. The zero-order valence-corrected chi connectivity index (χ0v) is 14.9. The molecule has 2 aliphatic heterocycles. The Balaban J connectivity index is 1.78. The van der Waals surface area contributed by atoms with Gasteiger partial charge in [-0.1, -0.05) is 12.1 Å². The molecule has 0 saturated carbocycles. The van der Waals surface area contributed by atoms with Gasteiger partial charge in [0, 0.05) is 22.9 Å². The van der Waals surface area contributed by atoms with Crippen LogP contribution in [0.15, 0.2) is 52.3 Å². The standard InChI is InChI=1S/C17H18N2O3S2/c1-12-11-19(15-4-2-3-5-16(15)22-12)24(20,21)13-6-7-17-14(10-13)18-8-9-23-17/h2-7,10,12,18H,8-9,11H2,1H3. The lowest BCUT2D eigenvalue weighted by molar-refractivity contribution is 0.219. The zero-order chi connectivity index (χ0) is 16.7. The number of rotatable bonds is 2. The highest BCUT2D eigenvalue weighted by molar-refractivity contribution is 7.99. The Morgan fingerprint density at radius 3 is 2.96 bits per heavy atom. The van der Waals surface area contributed by atoms with E-state index in [-0.39, 0.29) is 6.10 Å². The van der Waals surface area contributed by atoms with E-state index in [9.17, 15) is 8.42 Å². The number of benzene rings is 2. The topological polar surface area (TPSA) is 58.6 Å². The van der Waals surface area contributed by atoms with E-state index in [1.807, 2.05) is 25.1 Å². The summed E-state index contributed by atoms with van der Waals surface area (Å²) in [5, 5.41) is 3.28. The highest BCUT2D eigenvalue weighted by Gasteiger charge is 2.33. The third kappa shape index (κ3) is 2.61. The van der Waals surface area contributed by atoms with Crippen LogP contribution in [0.2, 0.25) is 0 Å². The predicted octanol–water partition coefficient (Wildman–Crippen LogP) is 3.18. The van der Waals surface area contributed by atoms with E-state index in [1.54, 1.807) is 36.0 Å². The Labute approximate surface area is 146 Å². The van der Waals surface area contributed by atoms with Crippen molar-refractivity contribution in [3.63, 3.8) is 0 Å². The molecule has 0 radical (unpaired) electrons. The quantitative estimate of drug-likeness (QED) is 0.889. The van der Waals surface area contributed by atoms with Gasteiger partial charge in [0.1, 0.15) is 11.9 Å². The average Bonchev–Trinajstić information content (AvgIpc) is 2.60. The number of anilines is 2. The number of thioether (sulfide) groups is 1. The second-order valence-corrected chi connectivity index (χ2v) is 8.86. The molecule has 0 bridgehead atoms. The minimum absolute atomic E-state index is 0.194. The first-order chi connectivity index (χ1) is 11.6. The first-order valence-corrected chi connectivity index (χ1v) is 10.3. The smallest absolute Gasteiger partial charge is 0.264 e. The molecule has 0 amide bonds. The molecule has 1 N–H and O–H groups in total. The predicted molar refractivity (Wildman–Crippen MR) is 96.7 cm³/mol. The summed E-state index contributed by atoms with van der Waals surface area (Å²) in [5.74, 6) is 1.60. The van der Waals surface area contributed by atoms with Crippen molar-refractivity contribution < 1.29 is 13.2 Å². The fourth-order valence-electron chi connectivity index (χ4n) is 2.98. The van der Waals surface area contributed by atoms with Crippen LogP contribution < -0.4 is 14.4 Å². The van der Waals surface area contributed by atoms with Gasteiger partial charge in [-0.25, -0.2) is 8.42 Å². The third-order valence-electron chi connectivity index (χ3n) is 4.10. The van der Waals surface area contributed by atoms with Gasteiger partial charge in [0.15, 0.2) is 0 Å². The van der Waals surface area contributed by atoms with E-state index < -0.39 is 10.0 Å². The Morgan fingerprint density at radius 1 is 1.25 bits per heavy atom. The van der Waals surface area contributed by atoms with Crippen molar-refractivity contribution in [1.29, 1.82) is 0 Å². The molecule has 1 atom stereocenters. The van der Waals surface area contributed by atoms with Crippen LogP contribution in [0.4, 0.5) is 11.4 Å². The molecule has 0 spiro atoms. The van der Waals surface area contributed by atoms with Gasteiger partial charge in [-0.3, -0.25) is 4.31 Å². The van der Waals surface area contributed by atoms with Crippen molar-refractivity contribution in [3.8, 4) is 5.75 Å². The second-order valence-electron chi connectivity index (χ2n) is 5.87.